The SMILES string of the molecule is COP(=O)(OC)C1=C[C@H](C)C2CC=CC2O1. The summed E-state index contributed by atoms with van der Waals surface area (Å²) in [5.74, 6) is 0.772. The monoisotopic (exact) mass is 244 g/mol. The summed E-state index contributed by atoms with van der Waals surface area (Å²) in [5, 5.41) is 0. The van der Waals surface area contributed by atoms with E-state index < -0.39 is 7.60 Å². The standard InChI is InChI=1S/C11H17O4P/c1-8-7-11(16(12,13-2)14-3)15-10-6-4-5-9(8)10/h4,6-10H,5H2,1-3H3/t8-,9?,10?/m0/s1. The van der Waals surface area contributed by atoms with Gasteiger partial charge in [-0.25, -0.2) is 0 Å². The Hall–Kier alpha value is -0.570. The summed E-state index contributed by atoms with van der Waals surface area (Å²) in [6, 6.07) is 0. The number of rotatable bonds is 3. The molecular formula is C11H17O4P. The molecule has 0 aromatic heterocycles. The van der Waals surface area contributed by atoms with E-state index in [1.807, 2.05) is 12.2 Å². The molecule has 2 rings (SSSR count). The number of ether oxygens (including phenoxy) is 1. The van der Waals surface area contributed by atoms with E-state index in [1.54, 1.807) is 0 Å². The molecule has 0 saturated carbocycles. The Bertz CT molecular complexity index is 366. The molecule has 4 nitrogen and oxygen atoms in total. The highest BCUT2D eigenvalue weighted by Gasteiger charge is 2.40. The van der Waals surface area contributed by atoms with Crippen molar-refractivity contribution in [2.75, 3.05) is 14.2 Å². The van der Waals surface area contributed by atoms with Gasteiger partial charge in [0.1, 0.15) is 6.10 Å². The first-order valence-electron chi connectivity index (χ1n) is 5.38. The summed E-state index contributed by atoms with van der Waals surface area (Å²) in [6.45, 7) is 2.10. The summed E-state index contributed by atoms with van der Waals surface area (Å²) < 4.78 is 27.7. The van der Waals surface area contributed by atoms with Crippen LogP contribution in [0.4, 0.5) is 0 Å². The second-order valence-electron chi connectivity index (χ2n) is 4.14. The van der Waals surface area contributed by atoms with Crippen LogP contribution in [0.5, 0.6) is 0 Å². The smallest absolute Gasteiger partial charge is 0.394 e. The van der Waals surface area contributed by atoms with Crippen molar-refractivity contribution in [3.63, 3.8) is 0 Å². The van der Waals surface area contributed by atoms with Crippen LogP contribution in [0.2, 0.25) is 0 Å². The first-order chi connectivity index (χ1) is 7.60. The molecule has 0 saturated heterocycles. The van der Waals surface area contributed by atoms with Crippen LogP contribution in [0.1, 0.15) is 13.3 Å². The zero-order valence-corrected chi connectivity index (χ0v) is 10.6. The third-order valence-corrected chi connectivity index (χ3v) is 5.00. The maximum Gasteiger partial charge on any atom is 0.394 e. The van der Waals surface area contributed by atoms with E-state index >= 15 is 0 Å². The molecule has 0 fully saturated rings. The minimum absolute atomic E-state index is 0.00799. The van der Waals surface area contributed by atoms with Crippen LogP contribution in [0.15, 0.2) is 23.7 Å². The normalized spacial score (nSPS) is 33.2. The maximum atomic E-state index is 12.2. The highest BCUT2D eigenvalue weighted by molar-refractivity contribution is 7.58. The highest BCUT2D eigenvalue weighted by Crippen LogP contribution is 2.58. The summed E-state index contributed by atoms with van der Waals surface area (Å²) >= 11 is 0. The Labute approximate surface area is 95.8 Å². The van der Waals surface area contributed by atoms with Crippen LogP contribution in [0.25, 0.3) is 0 Å². The minimum atomic E-state index is -3.24. The second-order valence-corrected chi connectivity index (χ2v) is 6.30. The van der Waals surface area contributed by atoms with Crippen LogP contribution in [0.3, 0.4) is 0 Å². The van der Waals surface area contributed by atoms with Crippen molar-refractivity contribution in [1.29, 1.82) is 0 Å². The van der Waals surface area contributed by atoms with Gasteiger partial charge in [-0.15, -0.1) is 0 Å². The van der Waals surface area contributed by atoms with Crippen molar-refractivity contribution < 1.29 is 18.3 Å². The fourth-order valence-corrected chi connectivity index (χ4v) is 3.40. The van der Waals surface area contributed by atoms with E-state index in [9.17, 15) is 4.57 Å². The third-order valence-electron chi connectivity index (χ3n) is 3.24. The fraction of sp³-hybridized carbons (Fsp3) is 0.636. The summed E-state index contributed by atoms with van der Waals surface area (Å²) in [7, 11) is -0.497. The van der Waals surface area contributed by atoms with Gasteiger partial charge in [0.25, 0.3) is 0 Å². The third kappa shape index (κ3) is 1.86. The summed E-state index contributed by atoms with van der Waals surface area (Å²) in [4.78, 5) is 0. The number of fused-ring (bicyclic) bond motifs is 1. The van der Waals surface area contributed by atoms with Crippen molar-refractivity contribution in [1.82, 2.24) is 0 Å². The summed E-state index contributed by atoms with van der Waals surface area (Å²) in [6.07, 6.45) is 7.01. The molecule has 90 valence electrons. The van der Waals surface area contributed by atoms with E-state index in [0.29, 0.717) is 17.3 Å². The van der Waals surface area contributed by atoms with Gasteiger partial charge in [0.05, 0.1) is 0 Å². The Morgan fingerprint density at radius 2 is 2.12 bits per heavy atom. The molecule has 5 heteroatoms. The maximum absolute atomic E-state index is 12.2. The molecule has 1 aliphatic heterocycles. The second kappa shape index (κ2) is 4.36. The van der Waals surface area contributed by atoms with E-state index in [2.05, 4.69) is 13.0 Å². The van der Waals surface area contributed by atoms with Crippen molar-refractivity contribution in [2.45, 2.75) is 19.4 Å². The van der Waals surface area contributed by atoms with Gasteiger partial charge in [-0.1, -0.05) is 13.0 Å². The van der Waals surface area contributed by atoms with Crippen molar-refractivity contribution in [3.05, 3.63) is 23.7 Å². The fourth-order valence-electron chi connectivity index (χ4n) is 2.22. The van der Waals surface area contributed by atoms with Crippen LogP contribution in [0, 0.1) is 11.8 Å². The van der Waals surface area contributed by atoms with Crippen molar-refractivity contribution in [3.8, 4) is 0 Å². The molecule has 0 spiro atoms. The van der Waals surface area contributed by atoms with Gasteiger partial charge in [0.15, 0.2) is 0 Å². The van der Waals surface area contributed by atoms with Gasteiger partial charge in [-0.3, -0.25) is 4.57 Å². The van der Waals surface area contributed by atoms with Crippen molar-refractivity contribution in [2.24, 2.45) is 11.8 Å². The lowest BCUT2D eigenvalue weighted by molar-refractivity contribution is 0.0784. The van der Waals surface area contributed by atoms with Crippen LogP contribution >= 0.6 is 7.60 Å². The van der Waals surface area contributed by atoms with Gasteiger partial charge >= 0.3 is 7.60 Å². The molecule has 0 bridgehead atoms. The summed E-state index contributed by atoms with van der Waals surface area (Å²) in [5.41, 5.74) is 0.345. The lowest BCUT2D eigenvalue weighted by Crippen LogP contribution is -2.28. The Balaban J connectivity index is 2.26. The van der Waals surface area contributed by atoms with Gasteiger partial charge in [0, 0.05) is 20.1 Å². The Kier molecular flexibility index (Phi) is 3.24. The molecule has 2 aliphatic rings. The van der Waals surface area contributed by atoms with E-state index in [4.69, 9.17) is 13.8 Å². The van der Waals surface area contributed by atoms with Gasteiger partial charge in [-0.05, 0) is 24.5 Å². The molecule has 0 radical (unpaired) electrons. The van der Waals surface area contributed by atoms with Gasteiger partial charge in [0.2, 0.25) is 5.50 Å². The highest BCUT2D eigenvalue weighted by atomic mass is 31.2. The molecule has 2 unspecified atom stereocenters. The number of hydrogen-bond acceptors (Lipinski definition) is 4. The molecule has 0 aromatic carbocycles. The lowest BCUT2D eigenvalue weighted by atomic mass is 9.89. The van der Waals surface area contributed by atoms with Gasteiger partial charge < -0.3 is 13.8 Å². The van der Waals surface area contributed by atoms with Gasteiger partial charge in [-0.2, -0.15) is 0 Å². The Morgan fingerprint density at radius 1 is 1.44 bits per heavy atom. The predicted molar refractivity (Wildman–Crippen MR) is 61.0 cm³/mol. The molecule has 16 heavy (non-hydrogen) atoms. The number of hydrogen-bond donors (Lipinski definition) is 0. The first kappa shape index (κ1) is 11.9. The molecule has 0 aromatic rings. The largest absolute Gasteiger partial charge is 0.478 e. The average Bonchev–Trinajstić information content (AvgIpc) is 2.76. The molecule has 3 atom stereocenters. The van der Waals surface area contributed by atoms with Crippen LogP contribution in [-0.4, -0.2) is 20.3 Å². The lowest BCUT2D eigenvalue weighted by Gasteiger charge is -2.32. The van der Waals surface area contributed by atoms with Crippen LogP contribution in [-0.2, 0) is 18.3 Å². The molecule has 0 N–H and O–H groups in total. The molecule has 1 aliphatic carbocycles. The Morgan fingerprint density at radius 3 is 2.75 bits per heavy atom. The van der Waals surface area contributed by atoms with Crippen molar-refractivity contribution >= 4 is 7.60 Å². The van der Waals surface area contributed by atoms with E-state index in [-0.39, 0.29) is 6.10 Å². The van der Waals surface area contributed by atoms with E-state index in [1.165, 1.54) is 14.2 Å². The van der Waals surface area contributed by atoms with Crippen LogP contribution < -0.4 is 0 Å². The predicted octanol–water partition coefficient (Wildman–Crippen LogP) is 2.92. The van der Waals surface area contributed by atoms with E-state index in [0.717, 1.165) is 6.42 Å². The molecule has 0 amide bonds. The molecule has 1 heterocycles. The topological polar surface area (TPSA) is 44.8 Å². The average molecular weight is 244 g/mol. The minimum Gasteiger partial charge on any atom is -0.478 e. The zero-order valence-electron chi connectivity index (χ0n) is 9.75. The number of allylic oxidation sites excluding steroid dienone is 2. The first-order valence-corrected chi connectivity index (χ1v) is 6.92. The quantitative estimate of drug-likeness (QED) is 0.565. The zero-order chi connectivity index (χ0) is 11.8. The molecular weight excluding hydrogens is 227 g/mol.